The Bertz CT molecular complexity index is 628. The number of esters is 1. The summed E-state index contributed by atoms with van der Waals surface area (Å²) >= 11 is 0. The zero-order valence-electron chi connectivity index (χ0n) is 11.2. The lowest BCUT2D eigenvalue weighted by atomic mass is 10.3. The van der Waals surface area contributed by atoms with Gasteiger partial charge in [0.25, 0.3) is 0 Å². The maximum absolute atomic E-state index is 12.2. The lowest BCUT2D eigenvalue weighted by molar-refractivity contribution is -0.143. The molecule has 0 amide bonds. The minimum Gasteiger partial charge on any atom is -0.486 e. The number of sulfonamides is 1. The molecule has 1 unspecified atom stereocenters. The van der Waals surface area contributed by atoms with Crippen molar-refractivity contribution in [1.82, 2.24) is 4.72 Å². The zero-order valence-corrected chi connectivity index (χ0v) is 12.1. The number of carbonyl (C=O) groups is 1. The lowest BCUT2D eigenvalue weighted by Crippen LogP contribution is -2.43. The third-order valence-corrected chi connectivity index (χ3v) is 4.26. The Kier molecular flexibility index (Phi) is 4.66. The highest BCUT2D eigenvalue weighted by Gasteiger charge is 2.27. The number of hydrogen-bond acceptors (Lipinski definition) is 7. The van der Waals surface area contributed by atoms with Gasteiger partial charge in [-0.1, -0.05) is 0 Å². The molecule has 0 aromatic heterocycles. The predicted octanol–water partition coefficient (Wildman–Crippen LogP) is -0.730. The van der Waals surface area contributed by atoms with Gasteiger partial charge in [0.1, 0.15) is 19.3 Å². The highest BCUT2D eigenvalue weighted by atomic mass is 32.2. The second-order valence-electron chi connectivity index (χ2n) is 4.19. The molecule has 1 aromatic rings. The Hall–Kier alpha value is -1.84. The molecule has 116 valence electrons. The molecule has 0 radical (unpaired) electrons. The van der Waals surface area contributed by atoms with Crippen molar-refractivity contribution in [1.29, 1.82) is 0 Å². The van der Waals surface area contributed by atoms with Crippen LogP contribution in [0.25, 0.3) is 0 Å². The van der Waals surface area contributed by atoms with E-state index in [1.165, 1.54) is 18.2 Å². The van der Waals surface area contributed by atoms with Crippen LogP contribution in [0.4, 0.5) is 0 Å². The molecule has 21 heavy (non-hydrogen) atoms. The van der Waals surface area contributed by atoms with Crippen molar-refractivity contribution < 1.29 is 32.5 Å². The maximum Gasteiger partial charge on any atom is 0.326 e. The molecule has 0 aliphatic carbocycles. The maximum atomic E-state index is 12.2. The quantitative estimate of drug-likeness (QED) is 0.689. The normalized spacial score (nSPS) is 15.3. The molecule has 0 saturated heterocycles. The van der Waals surface area contributed by atoms with E-state index in [2.05, 4.69) is 9.46 Å². The summed E-state index contributed by atoms with van der Waals surface area (Å²) in [6.07, 6.45) is 0. The number of benzene rings is 1. The summed E-state index contributed by atoms with van der Waals surface area (Å²) in [4.78, 5) is 11.2. The third kappa shape index (κ3) is 3.43. The summed E-state index contributed by atoms with van der Waals surface area (Å²) in [7, 11) is -2.91. The molecule has 2 N–H and O–H groups in total. The summed E-state index contributed by atoms with van der Waals surface area (Å²) < 4.78 is 41.4. The van der Waals surface area contributed by atoms with E-state index in [9.17, 15) is 13.2 Å². The summed E-state index contributed by atoms with van der Waals surface area (Å²) in [5, 5.41) is 9.06. The monoisotopic (exact) mass is 317 g/mol. The molecule has 0 saturated carbocycles. The highest BCUT2D eigenvalue weighted by molar-refractivity contribution is 7.89. The van der Waals surface area contributed by atoms with Gasteiger partial charge in [0, 0.05) is 6.07 Å². The molecule has 1 aliphatic heterocycles. The molecule has 1 atom stereocenters. The van der Waals surface area contributed by atoms with Gasteiger partial charge in [0.2, 0.25) is 10.0 Å². The molecule has 0 bridgehead atoms. The van der Waals surface area contributed by atoms with Crippen molar-refractivity contribution in [2.24, 2.45) is 0 Å². The second-order valence-corrected chi connectivity index (χ2v) is 5.90. The van der Waals surface area contributed by atoms with Crippen LogP contribution < -0.4 is 14.2 Å². The summed E-state index contributed by atoms with van der Waals surface area (Å²) in [5.74, 6) is -0.117. The third-order valence-electron chi connectivity index (χ3n) is 2.79. The zero-order chi connectivity index (χ0) is 15.5. The molecule has 0 fully saturated rings. The van der Waals surface area contributed by atoms with Gasteiger partial charge in [0.05, 0.1) is 18.6 Å². The molecular formula is C12H15NO7S. The number of hydrogen-bond donors (Lipinski definition) is 2. The smallest absolute Gasteiger partial charge is 0.326 e. The van der Waals surface area contributed by atoms with Gasteiger partial charge in [0.15, 0.2) is 11.5 Å². The number of ether oxygens (including phenoxy) is 3. The van der Waals surface area contributed by atoms with Crippen LogP contribution in [-0.2, 0) is 19.6 Å². The van der Waals surface area contributed by atoms with Crippen molar-refractivity contribution in [2.75, 3.05) is 26.9 Å². The van der Waals surface area contributed by atoms with Gasteiger partial charge in [-0.25, -0.2) is 8.42 Å². The Morgan fingerprint density at radius 2 is 2.05 bits per heavy atom. The van der Waals surface area contributed by atoms with E-state index in [-0.39, 0.29) is 4.90 Å². The molecule has 1 heterocycles. The topological polar surface area (TPSA) is 111 Å². The van der Waals surface area contributed by atoms with Crippen LogP contribution in [0.3, 0.4) is 0 Å². The van der Waals surface area contributed by atoms with Crippen molar-refractivity contribution in [2.45, 2.75) is 10.9 Å². The average Bonchev–Trinajstić information content (AvgIpc) is 2.51. The first-order valence-electron chi connectivity index (χ1n) is 6.08. The Balaban J connectivity index is 2.25. The summed E-state index contributed by atoms with van der Waals surface area (Å²) in [6, 6.07) is 2.72. The van der Waals surface area contributed by atoms with Crippen molar-refractivity contribution in [3.8, 4) is 11.5 Å². The van der Waals surface area contributed by atoms with Gasteiger partial charge in [-0.05, 0) is 12.1 Å². The highest BCUT2D eigenvalue weighted by Crippen LogP contribution is 2.32. The molecule has 0 spiro atoms. The van der Waals surface area contributed by atoms with Gasteiger partial charge < -0.3 is 19.3 Å². The molecule has 8 nitrogen and oxygen atoms in total. The van der Waals surface area contributed by atoms with Gasteiger partial charge in [-0.2, -0.15) is 4.72 Å². The number of carbonyl (C=O) groups excluding carboxylic acids is 1. The molecule has 2 rings (SSSR count). The number of aliphatic hydroxyl groups excluding tert-OH is 1. The molecule has 9 heteroatoms. The van der Waals surface area contributed by atoms with Crippen LogP contribution in [-0.4, -0.2) is 52.5 Å². The van der Waals surface area contributed by atoms with E-state index in [4.69, 9.17) is 14.6 Å². The van der Waals surface area contributed by atoms with Crippen molar-refractivity contribution >= 4 is 16.0 Å². The largest absolute Gasteiger partial charge is 0.486 e. The fourth-order valence-electron chi connectivity index (χ4n) is 1.75. The van der Waals surface area contributed by atoms with E-state index in [0.29, 0.717) is 24.7 Å². The van der Waals surface area contributed by atoms with E-state index >= 15 is 0 Å². The first-order chi connectivity index (χ1) is 9.97. The van der Waals surface area contributed by atoms with Gasteiger partial charge in [-0.15, -0.1) is 0 Å². The van der Waals surface area contributed by atoms with Gasteiger partial charge >= 0.3 is 5.97 Å². The van der Waals surface area contributed by atoms with Crippen molar-refractivity contribution in [3.05, 3.63) is 18.2 Å². The van der Waals surface area contributed by atoms with Crippen LogP contribution >= 0.6 is 0 Å². The number of methoxy groups -OCH3 is 1. The van der Waals surface area contributed by atoms with Crippen LogP contribution in [0, 0.1) is 0 Å². The predicted molar refractivity (Wildman–Crippen MR) is 70.6 cm³/mol. The van der Waals surface area contributed by atoms with E-state index in [1.54, 1.807) is 0 Å². The molecule has 1 aliphatic rings. The number of aliphatic hydroxyl groups is 1. The number of nitrogens with one attached hydrogen (secondary N) is 1. The minimum absolute atomic E-state index is 0.103. The van der Waals surface area contributed by atoms with Gasteiger partial charge in [-0.3, -0.25) is 4.79 Å². The number of rotatable bonds is 5. The van der Waals surface area contributed by atoms with Crippen molar-refractivity contribution in [3.63, 3.8) is 0 Å². The van der Waals surface area contributed by atoms with Crippen LogP contribution in [0.2, 0.25) is 0 Å². The lowest BCUT2D eigenvalue weighted by Gasteiger charge is -2.19. The second kappa shape index (κ2) is 6.29. The minimum atomic E-state index is -4.01. The Morgan fingerprint density at radius 1 is 1.38 bits per heavy atom. The van der Waals surface area contributed by atoms with E-state index < -0.39 is 28.6 Å². The average molecular weight is 317 g/mol. The summed E-state index contributed by atoms with van der Waals surface area (Å²) in [5.41, 5.74) is 0. The number of fused-ring (bicyclic) bond motifs is 1. The Morgan fingerprint density at radius 3 is 2.67 bits per heavy atom. The molecular weight excluding hydrogens is 302 g/mol. The first kappa shape index (κ1) is 15.5. The fourth-order valence-corrected chi connectivity index (χ4v) is 2.94. The molecule has 1 aromatic carbocycles. The first-order valence-corrected chi connectivity index (χ1v) is 7.57. The Labute approximate surface area is 121 Å². The van der Waals surface area contributed by atoms with E-state index in [1.807, 2.05) is 0 Å². The van der Waals surface area contributed by atoms with E-state index in [0.717, 1.165) is 7.11 Å². The fraction of sp³-hybridized carbons (Fsp3) is 0.417. The SMILES string of the molecule is COC(=O)C(CO)NS(=O)(=O)c1ccc2c(c1)OCCO2. The van der Waals surface area contributed by atoms with Crippen LogP contribution in [0.1, 0.15) is 0 Å². The van der Waals surface area contributed by atoms with Crippen LogP contribution in [0.15, 0.2) is 23.1 Å². The standard InChI is InChI=1S/C12H15NO7S/c1-18-12(15)9(7-14)13-21(16,17)8-2-3-10-11(6-8)20-5-4-19-10/h2-3,6,9,13-14H,4-5,7H2,1H3. The van der Waals surface area contributed by atoms with Crippen LogP contribution in [0.5, 0.6) is 11.5 Å². The summed E-state index contributed by atoms with van der Waals surface area (Å²) in [6.45, 7) is 0.00802.